The molecular weight excluding hydrogens is 356 g/mol. The number of rotatable bonds is 4. The second kappa shape index (κ2) is 6.74. The highest BCUT2D eigenvalue weighted by atomic mass is 32.2. The Balaban J connectivity index is 1.99. The van der Waals surface area contributed by atoms with Crippen LogP contribution in [0.3, 0.4) is 0 Å². The first-order valence-corrected chi connectivity index (χ1v) is 9.06. The largest absolute Gasteiger partial charge is 0.480 e. The van der Waals surface area contributed by atoms with Crippen LogP contribution in [0.15, 0.2) is 67.6 Å². The van der Waals surface area contributed by atoms with Crippen molar-refractivity contribution in [2.75, 3.05) is 14.1 Å². The number of nitrogens with zero attached hydrogens (tertiary/aromatic N) is 2. The van der Waals surface area contributed by atoms with Gasteiger partial charge in [0.25, 0.3) is 5.95 Å². The second-order valence-electron chi connectivity index (χ2n) is 5.69. The Bertz CT molecular complexity index is 1150. The van der Waals surface area contributed by atoms with Crippen molar-refractivity contribution in [3.63, 3.8) is 0 Å². The molecule has 7 nitrogen and oxygen atoms in total. The van der Waals surface area contributed by atoms with Gasteiger partial charge in [-0.05, 0) is 30.3 Å². The number of benzene rings is 2. The van der Waals surface area contributed by atoms with E-state index in [0.717, 1.165) is 4.31 Å². The first-order chi connectivity index (χ1) is 12.3. The van der Waals surface area contributed by atoms with E-state index in [1.807, 2.05) is 0 Å². The van der Waals surface area contributed by atoms with Gasteiger partial charge in [-0.1, -0.05) is 18.2 Å². The van der Waals surface area contributed by atoms with Gasteiger partial charge in [-0.2, -0.15) is 0 Å². The van der Waals surface area contributed by atoms with E-state index in [4.69, 9.17) is 4.42 Å². The van der Waals surface area contributed by atoms with E-state index in [1.54, 1.807) is 36.4 Å². The third-order valence-corrected chi connectivity index (χ3v) is 5.64. The SMILES string of the molecule is CN(C)S(=O)(=O)c1ccc(N=Cc2c(O)oc(=O)c3ccccc23)cc1. The Morgan fingerprint density at radius 2 is 1.65 bits per heavy atom. The van der Waals surface area contributed by atoms with Crippen LogP contribution in [-0.2, 0) is 10.0 Å². The molecule has 0 aliphatic heterocycles. The zero-order chi connectivity index (χ0) is 18.9. The minimum atomic E-state index is -3.51. The van der Waals surface area contributed by atoms with Crippen LogP contribution in [0.5, 0.6) is 5.95 Å². The highest BCUT2D eigenvalue weighted by molar-refractivity contribution is 7.89. The molecule has 3 aromatic rings. The van der Waals surface area contributed by atoms with Crippen molar-refractivity contribution in [1.29, 1.82) is 0 Å². The molecule has 1 heterocycles. The quantitative estimate of drug-likeness (QED) is 0.709. The first kappa shape index (κ1) is 17.8. The second-order valence-corrected chi connectivity index (χ2v) is 7.85. The monoisotopic (exact) mass is 372 g/mol. The van der Waals surface area contributed by atoms with Crippen molar-refractivity contribution < 1.29 is 17.9 Å². The molecule has 1 aromatic heterocycles. The summed E-state index contributed by atoms with van der Waals surface area (Å²) in [6.45, 7) is 0. The number of fused-ring (bicyclic) bond motifs is 1. The van der Waals surface area contributed by atoms with Crippen LogP contribution in [0, 0.1) is 0 Å². The standard InChI is InChI=1S/C18H16N2O5S/c1-20(2)26(23,24)13-9-7-12(8-10-13)19-11-16-14-5-3-4-6-15(14)17(21)25-18(16)22/h3-11,22H,1-2H3. The average molecular weight is 372 g/mol. The van der Waals surface area contributed by atoms with Crippen molar-refractivity contribution in [2.24, 2.45) is 4.99 Å². The van der Waals surface area contributed by atoms with Crippen molar-refractivity contribution in [2.45, 2.75) is 4.90 Å². The molecule has 0 aliphatic carbocycles. The van der Waals surface area contributed by atoms with Gasteiger partial charge in [0.15, 0.2) is 0 Å². The summed E-state index contributed by atoms with van der Waals surface area (Å²) >= 11 is 0. The number of hydrogen-bond donors (Lipinski definition) is 1. The molecule has 2 aromatic carbocycles. The molecule has 26 heavy (non-hydrogen) atoms. The number of sulfonamides is 1. The van der Waals surface area contributed by atoms with Gasteiger partial charge in [-0.25, -0.2) is 17.5 Å². The number of aromatic hydroxyl groups is 1. The minimum Gasteiger partial charge on any atom is -0.480 e. The van der Waals surface area contributed by atoms with Gasteiger partial charge in [0.05, 0.1) is 21.5 Å². The Hall–Kier alpha value is -2.97. The Labute approximate surface area is 149 Å². The lowest BCUT2D eigenvalue weighted by molar-refractivity contribution is 0.312. The topological polar surface area (TPSA) is 100 Å². The summed E-state index contributed by atoms with van der Waals surface area (Å²) in [5.41, 5.74) is 0.121. The van der Waals surface area contributed by atoms with E-state index < -0.39 is 21.6 Å². The molecule has 0 radical (unpaired) electrons. The normalized spacial score (nSPS) is 12.3. The van der Waals surface area contributed by atoms with Crippen molar-refractivity contribution >= 4 is 32.7 Å². The summed E-state index contributed by atoms with van der Waals surface area (Å²) in [6.07, 6.45) is 1.37. The molecule has 0 unspecified atom stereocenters. The van der Waals surface area contributed by atoms with Crippen molar-refractivity contribution in [3.8, 4) is 5.95 Å². The van der Waals surface area contributed by atoms with Gasteiger partial charge in [0.1, 0.15) is 0 Å². The first-order valence-electron chi connectivity index (χ1n) is 7.62. The van der Waals surface area contributed by atoms with Gasteiger partial charge in [-0.3, -0.25) is 4.99 Å². The fourth-order valence-electron chi connectivity index (χ4n) is 2.39. The Morgan fingerprint density at radius 1 is 1.04 bits per heavy atom. The fraction of sp³-hybridized carbons (Fsp3) is 0.111. The van der Waals surface area contributed by atoms with Crippen LogP contribution < -0.4 is 5.63 Å². The number of aliphatic imine (C=N–C) groups is 1. The van der Waals surface area contributed by atoms with E-state index in [0.29, 0.717) is 16.5 Å². The third-order valence-electron chi connectivity index (χ3n) is 3.81. The molecule has 0 spiro atoms. The van der Waals surface area contributed by atoms with Crippen molar-refractivity contribution in [1.82, 2.24) is 4.31 Å². The lowest BCUT2D eigenvalue weighted by Gasteiger charge is -2.10. The molecule has 0 amide bonds. The predicted octanol–water partition coefficient (Wildman–Crippen LogP) is 2.50. The van der Waals surface area contributed by atoms with Crippen LogP contribution in [0.4, 0.5) is 5.69 Å². The third kappa shape index (κ3) is 3.24. The van der Waals surface area contributed by atoms with Gasteiger partial charge in [0, 0.05) is 25.7 Å². The van der Waals surface area contributed by atoms with Crippen LogP contribution in [0.2, 0.25) is 0 Å². The van der Waals surface area contributed by atoms with E-state index in [2.05, 4.69) is 4.99 Å². The van der Waals surface area contributed by atoms with Crippen LogP contribution in [0.25, 0.3) is 10.8 Å². The molecular formula is C18H16N2O5S. The molecule has 0 atom stereocenters. The molecule has 0 bridgehead atoms. The Kier molecular flexibility index (Phi) is 4.62. The maximum Gasteiger partial charge on any atom is 0.346 e. The Morgan fingerprint density at radius 3 is 2.27 bits per heavy atom. The van der Waals surface area contributed by atoms with E-state index in [-0.39, 0.29) is 10.5 Å². The number of hydrogen-bond acceptors (Lipinski definition) is 6. The molecule has 8 heteroatoms. The van der Waals surface area contributed by atoms with Crippen LogP contribution in [0.1, 0.15) is 5.56 Å². The lowest BCUT2D eigenvalue weighted by atomic mass is 10.1. The fourth-order valence-corrected chi connectivity index (χ4v) is 3.29. The highest BCUT2D eigenvalue weighted by Crippen LogP contribution is 2.24. The smallest absolute Gasteiger partial charge is 0.346 e. The maximum absolute atomic E-state index is 12.1. The lowest BCUT2D eigenvalue weighted by Crippen LogP contribution is -2.21. The molecule has 0 aliphatic rings. The van der Waals surface area contributed by atoms with Gasteiger partial charge >= 0.3 is 5.63 Å². The summed E-state index contributed by atoms with van der Waals surface area (Å²) in [4.78, 5) is 16.2. The van der Waals surface area contributed by atoms with E-state index in [9.17, 15) is 18.3 Å². The zero-order valence-corrected chi connectivity index (χ0v) is 14.9. The molecule has 0 saturated carbocycles. The van der Waals surface area contributed by atoms with Gasteiger partial charge in [0.2, 0.25) is 10.0 Å². The summed E-state index contributed by atoms with van der Waals surface area (Å²) in [6, 6.07) is 12.7. The van der Waals surface area contributed by atoms with Crippen molar-refractivity contribution in [3.05, 3.63) is 64.5 Å². The molecule has 0 saturated heterocycles. The predicted molar refractivity (Wildman–Crippen MR) is 98.7 cm³/mol. The molecule has 134 valence electrons. The van der Waals surface area contributed by atoms with Crippen LogP contribution >= 0.6 is 0 Å². The zero-order valence-electron chi connectivity index (χ0n) is 14.1. The van der Waals surface area contributed by atoms with Crippen LogP contribution in [-0.4, -0.2) is 38.1 Å². The summed E-state index contributed by atoms with van der Waals surface area (Å²) in [5, 5.41) is 10.8. The average Bonchev–Trinajstić information content (AvgIpc) is 2.62. The summed E-state index contributed by atoms with van der Waals surface area (Å²) in [5.74, 6) is -0.524. The van der Waals surface area contributed by atoms with E-state index >= 15 is 0 Å². The maximum atomic E-state index is 12.1. The summed E-state index contributed by atoms with van der Waals surface area (Å²) in [7, 11) is -0.596. The molecule has 3 rings (SSSR count). The highest BCUT2D eigenvalue weighted by Gasteiger charge is 2.16. The van der Waals surface area contributed by atoms with Gasteiger partial charge < -0.3 is 9.52 Å². The molecule has 0 fully saturated rings. The molecule has 1 N–H and O–H groups in total. The minimum absolute atomic E-state index is 0.153. The van der Waals surface area contributed by atoms with E-state index in [1.165, 1.54) is 32.4 Å². The summed E-state index contributed by atoms with van der Waals surface area (Å²) < 4.78 is 30.1. The van der Waals surface area contributed by atoms with Gasteiger partial charge in [-0.15, -0.1) is 0 Å².